The fourth-order valence-corrected chi connectivity index (χ4v) is 1.99. The van der Waals surface area contributed by atoms with Gasteiger partial charge in [-0.3, -0.25) is 14.9 Å². The van der Waals surface area contributed by atoms with Gasteiger partial charge in [-0.1, -0.05) is 15.9 Å². The second-order valence-corrected chi connectivity index (χ2v) is 5.00. The van der Waals surface area contributed by atoms with Gasteiger partial charge in [-0.05, 0) is 18.6 Å². The summed E-state index contributed by atoms with van der Waals surface area (Å²) in [7, 11) is 1.73. The Morgan fingerprint density at radius 1 is 1.47 bits per heavy atom. The molecule has 0 saturated carbocycles. The minimum absolute atomic E-state index is 0.00741. The van der Waals surface area contributed by atoms with Crippen LogP contribution in [0, 0.1) is 10.1 Å². The highest BCUT2D eigenvalue weighted by molar-refractivity contribution is 9.10. The van der Waals surface area contributed by atoms with E-state index in [2.05, 4.69) is 21.2 Å². The maximum Gasteiger partial charge on any atom is 0.270 e. The summed E-state index contributed by atoms with van der Waals surface area (Å²) in [6.45, 7) is 3.17. The van der Waals surface area contributed by atoms with Gasteiger partial charge in [-0.25, -0.2) is 0 Å². The van der Waals surface area contributed by atoms with Crippen molar-refractivity contribution in [2.45, 2.75) is 13.5 Å². The smallest absolute Gasteiger partial charge is 0.270 e. The highest BCUT2D eigenvalue weighted by Crippen LogP contribution is 2.21. The number of rotatable bonds is 6. The molecule has 1 aromatic carbocycles. The van der Waals surface area contributed by atoms with E-state index in [4.69, 9.17) is 0 Å². The van der Waals surface area contributed by atoms with Gasteiger partial charge in [0.2, 0.25) is 5.91 Å². The number of amides is 1. The maximum absolute atomic E-state index is 11.6. The summed E-state index contributed by atoms with van der Waals surface area (Å²) < 4.78 is 0.649. The Morgan fingerprint density at radius 3 is 2.74 bits per heavy atom. The monoisotopic (exact) mass is 329 g/mol. The summed E-state index contributed by atoms with van der Waals surface area (Å²) >= 11 is 3.23. The molecule has 0 heterocycles. The first-order valence-electron chi connectivity index (χ1n) is 5.82. The fourth-order valence-electron chi connectivity index (χ4n) is 1.47. The lowest BCUT2D eigenvalue weighted by atomic mass is 10.2. The summed E-state index contributed by atoms with van der Waals surface area (Å²) in [6, 6.07) is 4.72. The molecule has 1 rings (SSSR count). The number of hydrogen-bond acceptors (Lipinski definition) is 4. The van der Waals surface area contributed by atoms with E-state index in [1.54, 1.807) is 18.0 Å². The Labute approximate surface area is 120 Å². The Kier molecular flexibility index (Phi) is 5.91. The number of nitrogens with one attached hydrogen (secondary N) is 1. The third-order valence-electron chi connectivity index (χ3n) is 2.66. The van der Waals surface area contributed by atoms with E-state index in [1.807, 2.05) is 6.92 Å². The highest BCUT2D eigenvalue weighted by Gasteiger charge is 2.09. The van der Waals surface area contributed by atoms with Crippen molar-refractivity contribution < 1.29 is 9.72 Å². The van der Waals surface area contributed by atoms with Crippen LogP contribution in [0.4, 0.5) is 5.69 Å². The summed E-state index contributed by atoms with van der Waals surface area (Å²) in [5.41, 5.74) is 0.788. The predicted molar refractivity (Wildman–Crippen MR) is 75.8 cm³/mol. The molecule has 0 saturated heterocycles. The number of nitro benzene ring substituents is 1. The molecule has 0 aliphatic carbocycles. The number of halogens is 1. The van der Waals surface area contributed by atoms with Crippen molar-refractivity contribution in [3.05, 3.63) is 38.3 Å². The van der Waals surface area contributed by atoms with Crippen LogP contribution in [-0.2, 0) is 11.3 Å². The molecule has 104 valence electrons. The lowest BCUT2D eigenvalue weighted by Gasteiger charge is -2.14. The van der Waals surface area contributed by atoms with Gasteiger partial charge in [-0.2, -0.15) is 0 Å². The van der Waals surface area contributed by atoms with Crippen molar-refractivity contribution in [2.24, 2.45) is 0 Å². The number of carbonyl (C=O) groups excluding carboxylic acids is 1. The number of nitro groups is 1. The van der Waals surface area contributed by atoms with Crippen LogP contribution in [0.25, 0.3) is 0 Å². The second-order valence-electron chi connectivity index (χ2n) is 4.09. The Bertz CT molecular complexity index is 479. The van der Waals surface area contributed by atoms with E-state index in [-0.39, 0.29) is 18.1 Å². The first-order chi connectivity index (χ1) is 8.93. The average Bonchev–Trinajstić information content (AvgIpc) is 2.36. The lowest BCUT2D eigenvalue weighted by Crippen LogP contribution is -2.35. The van der Waals surface area contributed by atoms with Crippen LogP contribution in [0.1, 0.15) is 12.5 Å². The first-order valence-corrected chi connectivity index (χ1v) is 6.62. The molecule has 6 nitrogen and oxygen atoms in total. The average molecular weight is 330 g/mol. The minimum atomic E-state index is -0.440. The van der Waals surface area contributed by atoms with Gasteiger partial charge in [0.25, 0.3) is 5.69 Å². The molecule has 0 spiro atoms. The fraction of sp³-hybridized carbons (Fsp3) is 0.417. The normalized spacial score (nSPS) is 10.3. The van der Waals surface area contributed by atoms with Gasteiger partial charge in [0.1, 0.15) is 0 Å². The molecule has 0 atom stereocenters. The molecule has 0 unspecified atom stereocenters. The lowest BCUT2D eigenvalue weighted by molar-refractivity contribution is -0.385. The zero-order valence-corrected chi connectivity index (χ0v) is 12.4. The maximum atomic E-state index is 11.6. The number of nitrogens with zero attached hydrogens (tertiary/aromatic N) is 2. The number of likely N-dealkylation sites (N-methyl/N-ethyl adjacent to an activating group) is 1. The van der Waals surface area contributed by atoms with Gasteiger partial charge >= 0.3 is 0 Å². The van der Waals surface area contributed by atoms with E-state index in [9.17, 15) is 14.9 Å². The SMILES string of the molecule is CCN(C)C(=O)CNCc1cc(Br)cc([N+](=O)[O-])c1. The van der Waals surface area contributed by atoms with Gasteiger partial charge in [-0.15, -0.1) is 0 Å². The number of benzene rings is 1. The molecule has 7 heteroatoms. The molecule has 0 fully saturated rings. The number of non-ortho nitro benzene ring substituents is 1. The van der Waals surface area contributed by atoms with Crippen LogP contribution < -0.4 is 5.32 Å². The van der Waals surface area contributed by atoms with Crippen molar-refractivity contribution in [1.82, 2.24) is 10.2 Å². The van der Waals surface area contributed by atoms with Gasteiger partial charge in [0.15, 0.2) is 0 Å². The second kappa shape index (κ2) is 7.20. The molecule has 0 radical (unpaired) electrons. The third-order valence-corrected chi connectivity index (χ3v) is 3.12. The summed E-state index contributed by atoms with van der Waals surface area (Å²) in [6.07, 6.45) is 0. The predicted octanol–water partition coefficient (Wildman–Crippen LogP) is 1.93. The van der Waals surface area contributed by atoms with E-state index in [1.165, 1.54) is 12.1 Å². The largest absolute Gasteiger partial charge is 0.345 e. The topological polar surface area (TPSA) is 75.5 Å². The Morgan fingerprint density at radius 2 is 2.16 bits per heavy atom. The Hall–Kier alpha value is -1.47. The van der Waals surface area contributed by atoms with Crippen LogP contribution >= 0.6 is 15.9 Å². The van der Waals surface area contributed by atoms with Crippen LogP contribution in [0.5, 0.6) is 0 Å². The quantitative estimate of drug-likeness (QED) is 0.639. The van der Waals surface area contributed by atoms with Gasteiger partial charge in [0, 0.05) is 36.7 Å². The highest BCUT2D eigenvalue weighted by atomic mass is 79.9. The summed E-state index contributed by atoms with van der Waals surface area (Å²) in [5, 5.41) is 13.7. The van der Waals surface area contributed by atoms with E-state index in [0.717, 1.165) is 5.56 Å². The van der Waals surface area contributed by atoms with E-state index < -0.39 is 4.92 Å². The van der Waals surface area contributed by atoms with Crippen molar-refractivity contribution in [1.29, 1.82) is 0 Å². The molecule has 0 aliphatic rings. The molecule has 0 aliphatic heterocycles. The van der Waals surface area contributed by atoms with Gasteiger partial charge in [0.05, 0.1) is 11.5 Å². The molecule has 1 aromatic rings. The van der Waals surface area contributed by atoms with Crippen molar-refractivity contribution >= 4 is 27.5 Å². The molecule has 19 heavy (non-hydrogen) atoms. The summed E-state index contributed by atoms with van der Waals surface area (Å²) in [4.78, 5) is 23.4. The van der Waals surface area contributed by atoms with E-state index >= 15 is 0 Å². The van der Waals surface area contributed by atoms with Crippen molar-refractivity contribution in [3.8, 4) is 0 Å². The first kappa shape index (κ1) is 15.6. The molecule has 1 N–H and O–H groups in total. The molecular weight excluding hydrogens is 314 g/mol. The minimum Gasteiger partial charge on any atom is -0.345 e. The van der Waals surface area contributed by atoms with Crippen LogP contribution in [0.15, 0.2) is 22.7 Å². The number of hydrogen-bond donors (Lipinski definition) is 1. The van der Waals surface area contributed by atoms with Crippen LogP contribution in [0.3, 0.4) is 0 Å². The summed E-state index contributed by atoms with van der Waals surface area (Å²) in [5.74, 6) is -0.00741. The van der Waals surface area contributed by atoms with Crippen LogP contribution in [0.2, 0.25) is 0 Å². The Balaban J connectivity index is 2.58. The van der Waals surface area contributed by atoms with E-state index in [0.29, 0.717) is 17.6 Å². The van der Waals surface area contributed by atoms with Crippen molar-refractivity contribution in [3.63, 3.8) is 0 Å². The zero-order chi connectivity index (χ0) is 14.4. The van der Waals surface area contributed by atoms with Gasteiger partial charge < -0.3 is 10.2 Å². The molecular formula is C12H16BrN3O3. The van der Waals surface area contributed by atoms with Crippen molar-refractivity contribution in [2.75, 3.05) is 20.1 Å². The standard InChI is InChI=1S/C12H16BrN3O3/c1-3-15(2)12(17)8-14-7-9-4-10(13)6-11(5-9)16(18)19/h4-6,14H,3,7-8H2,1-2H3. The third kappa shape index (κ3) is 4.96. The zero-order valence-electron chi connectivity index (χ0n) is 10.9. The molecule has 1 amide bonds. The number of carbonyl (C=O) groups is 1. The molecule has 0 aromatic heterocycles. The van der Waals surface area contributed by atoms with Crippen LogP contribution in [-0.4, -0.2) is 35.9 Å². The molecule has 0 bridgehead atoms.